The van der Waals surface area contributed by atoms with Crippen LogP contribution in [0.25, 0.3) is 0 Å². The number of hydrogen-bond donors (Lipinski definition) is 0. The fourth-order valence-corrected chi connectivity index (χ4v) is 0.525. The fraction of sp³-hybridized carbons (Fsp3) is 0.857. The Labute approximate surface area is 68.7 Å². The molecule has 0 aromatic rings. The van der Waals surface area contributed by atoms with Crippen LogP contribution < -0.4 is 0 Å². The molecule has 0 aromatic heterocycles. The molecule has 1 unspecified atom stereocenters. The van der Waals surface area contributed by atoms with Crippen LogP contribution in [-0.4, -0.2) is 25.2 Å². The molecule has 0 N–H and O–H groups in total. The van der Waals surface area contributed by atoms with Gasteiger partial charge in [-0.3, -0.25) is 0 Å². The lowest BCUT2D eigenvalue weighted by molar-refractivity contribution is -0.149. The highest BCUT2D eigenvalue weighted by molar-refractivity contribution is 5.73. The number of hydrogen-bond acceptors (Lipinski definition) is 2. The van der Waals surface area contributed by atoms with Gasteiger partial charge < -0.3 is 4.74 Å². The lowest BCUT2D eigenvalue weighted by atomic mass is 10.3. The zero-order chi connectivity index (χ0) is 9.56. The molecule has 0 spiro atoms. The van der Waals surface area contributed by atoms with Gasteiger partial charge in [-0.2, -0.15) is 0 Å². The number of esters is 1. The summed E-state index contributed by atoms with van der Waals surface area (Å²) in [5.41, 5.74) is 0. The molecule has 0 fully saturated rings. The van der Waals surface area contributed by atoms with Crippen LogP contribution in [-0.2, 0) is 9.53 Å². The molecular weight excluding hydrogens is 173 g/mol. The lowest BCUT2D eigenvalue weighted by Gasteiger charge is -2.04. The molecule has 5 heteroatoms. The number of halogens is 3. The molecule has 0 heterocycles. The third-order valence-corrected chi connectivity index (χ3v) is 1.14. The largest absolute Gasteiger partial charge is 0.464 e. The van der Waals surface area contributed by atoms with Gasteiger partial charge in [0.15, 0.2) is 6.17 Å². The van der Waals surface area contributed by atoms with Gasteiger partial charge in [-0.15, -0.1) is 0 Å². The molecule has 0 aliphatic carbocycles. The van der Waals surface area contributed by atoms with Crippen molar-refractivity contribution in [3.8, 4) is 0 Å². The van der Waals surface area contributed by atoms with Gasteiger partial charge in [0.1, 0.15) is 0 Å². The summed E-state index contributed by atoms with van der Waals surface area (Å²) in [6.45, 7) is 0.896. The Kier molecular flexibility index (Phi) is 5.49. The van der Waals surface area contributed by atoms with E-state index in [1.54, 1.807) is 0 Å². The van der Waals surface area contributed by atoms with Crippen molar-refractivity contribution in [3.05, 3.63) is 0 Å². The van der Waals surface area contributed by atoms with E-state index in [1.807, 2.05) is 0 Å². The average molecular weight is 184 g/mol. The molecule has 0 saturated heterocycles. The maximum Gasteiger partial charge on any atom is 0.340 e. The second kappa shape index (κ2) is 5.85. The molecule has 2 nitrogen and oxygen atoms in total. The standard InChI is InChI=1S/C7H11F3O2/c1-5(8)7(11)12-4-2-3-6(9)10/h5-6H,2-4H2,1H3. The predicted molar refractivity (Wildman–Crippen MR) is 36.8 cm³/mol. The molecule has 0 aliphatic rings. The van der Waals surface area contributed by atoms with Crippen LogP contribution in [0.5, 0.6) is 0 Å². The van der Waals surface area contributed by atoms with Crippen LogP contribution in [0.1, 0.15) is 19.8 Å². The van der Waals surface area contributed by atoms with Crippen molar-refractivity contribution in [1.82, 2.24) is 0 Å². The summed E-state index contributed by atoms with van der Waals surface area (Å²) in [5, 5.41) is 0. The fourth-order valence-electron chi connectivity index (χ4n) is 0.525. The summed E-state index contributed by atoms with van der Waals surface area (Å²) < 4.78 is 39.4. The van der Waals surface area contributed by atoms with Crippen molar-refractivity contribution in [3.63, 3.8) is 0 Å². The summed E-state index contributed by atoms with van der Waals surface area (Å²) >= 11 is 0. The van der Waals surface area contributed by atoms with Crippen molar-refractivity contribution >= 4 is 5.97 Å². The third kappa shape index (κ3) is 6.00. The molecule has 0 saturated carbocycles. The van der Waals surface area contributed by atoms with Crippen LogP contribution in [0.15, 0.2) is 0 Å². The molecular formula is C7H11F3O2. The van der Waals surface area contributed by atoms with Crippen molar-refractivity contribution in [2.75, 3.05) is 6.61 Å². The molecule has 1 atom stereocenters. The minimum Gasteiger partial charge on any atom is -0.464 e. The summed E-state index contributed by atoms with van der Waals surface area (Å²) in [7, 11) is 0. The maximum atomic E-state index is 12.1. The Morgan fingerprint density at radius 2 is 2.00 bits per heavy atom. The number of carbonyl (C=O) groups is 1. The van der Waals surface area contributed by atoms with Gasteiger partial charge in [-0.25, -0.2) is 18.0 Å². The first-order valence-corrected chi connectivity index (χ1v) is 3.63. The molecule has 72 valence electrons. The van der Waals surface area contributed by atoms with Crippen LogP contribution >= 0.6 is 0 Å². The van der Waals surface area contributed by atoms with E-state index >= 15 is 0 Å². The minimum atomic E-state index is -2.40. The van der Waals surface area contributed by atoms with E-state index in [0.717, 1.165) is 6.92 Å². The van der Waals surface area contributed by atoms with Crippen molar-refractivity contribution in [2.24, 2.45) is 0 Å². The van der Waals surface area contributed by atoms with Gasteiger partial charge >= 0.3 is 5.97 Å². The third-order valence-electron chi connectivity index (χ3n) is 1.14. The monoisotopic (exact) mass is 184 g/mol. The Morgan fingerprint density at radius 3 is 2.42 bits per heavy atom. The van der Waals surface area contributed by atoms with E-state index in [-0.39, 0.29) is 19.4 Å². The highest BCUT2D eigenvalue weighted by atomic mass is 19.3. The first kappa shape index (κ1) is 11.3. The lowest BCUT2D eigenvalue weighted by Crippen LogP contribution is -2.16. The number of carbonyl (C=O) groups excluding carboxylic acids is 1. The van der Waals surface area contributed by atoms with E-state index in [4.69, 9.17) is 0 Å². The molecule has 0 aromatic carbocycles. The minimum absolute atomic E-state index is 0.0656. The van der Waals surface area contributed by atoms with Gasteiger partial charge in [-0.05, 0) is 13.3 Å². The second-order valence-corrected chi connectivity index (χ2v) is 2.32. The SMILES string of the molecule is CC(F)C(=O)OCCCC(F)F. The average Bonchev–Trinajstić information content (AvgIpc) is 1.97. The van der Waals surface area contributed by atoms with Gasteiger partial charge in [0, 0.05) is 6.42 Å². The topological polar surface area (TPSA) is 26.3 Å². The molecule has 0 rings (SSSR count). The summed E-state index contributed by atoms with van der Waals surface area (Å²) in [6, 6.07) is 0. The summed E-state index contributed by atoms with van der Waals surface area (Å²) in [4.78, 5) is 10.4. The summed E-state index contributed by atoms with van der Waals surface area (Å²) in [6.07, 6.45) is -4.34. The number of rotatable bonds is 5. The number of ether oxygens (including phenoxy) is 1. The molecule has 0 amide bonds. The Hall–Kier alpha value is -0.740. The first-order chi connectivity index (χ1) is 5.54. The summed E-state index contributed by atoms with van der Waals surface area (Å²) in [5.74, 6) is -0.996. The molecule has 0 bridgehead atoms. The Balaban J connectivity index is 3.26. The van der Waals surface area contributed by atoms with Crippen molar-refractivity contribution in [1.29, 1.82) is 0 Å². The Bertz CT molecular complexity index is 137. The highest BCUT2D eigenvalue weighted by Gasteiger charge is 2.12. The first-order valence-electron chi connectivity index (χ1n) is 3.63. The van der Waals surface area contributed by atoms with E-state index in [1.165, 1.54) is 0 Å². The zero-order valence-electron chi connectivity index (χ0n) is 6.73. The molecule has 0 radical (unpaired) electrons. The van der Waals surface area contributed by atoms with Crippen molar-refractivity contribution in [2.45, 2.75) is 32.4 Å². The van der Waals surface area contributed by atoms with E-state index in [2.05, 4.69) is 4.74 Å². The number of alkyl halides is 3. The zero-order valence-corrected chi connectivity index (χ0v) is 6.73. The second-order valence-electron chi connectivity index (χ2n) is 2.32. The van der Waals surface area contributed by atoms with Crippen molar-refractivity contribution < 1.29 is 22.7 Å². The van der Waals surface area contributed by atoms with Crippen LogP contribution in [0.4, 0.5) is 13.2 Å². The molecule has 12 heavy (non-hydrogen) atoms. The van der Waals surface area contributed by atoms with Gasteiger partial charge in [0.2, 0.25) is 6.43 Å². The predicted octanol–water partition coefficient (Wildman–Crippen LogP) is 1.93. The molecule has 0 aliphatic heterocycles. The van der Waals surface area contributed by atoms with Crippen LogP contribution in [0, 0.1) is 0 Å². The van der Waals surface area contributed by atoms with Gasteiger partial charge in [0.05, 0.1) is 6.61 Å². The maximum absolute atomic E-state index is 12.1. The van der Waals surface area contributed by atoms with E-state index in [9.17, 15) is 18.0 Å². The van der Waals surface area contributed by atoms with Gasteiger partial charge in [-0.1, -0.05) is 0 Å². The Morgan fingerprint density at radius 1 is 1.42 bits per heavy atom. The van der Waals surface area contributed by atoms with Crippen LogP contribution in [0.2, 0.25) is 0 Å². The normalized spacial score (nSPS) is 13.1. The smallest absolute Gasteiger partial charge is 0.340 e. The van der Waals surface area contributed by atoms with E-state index in [0.29, 0.717) is 0 Å². The van der Waals surface area contributed by atoms with Gasteiger partial charge in [0.25, 0.3) is 0 Å². The quantitative estimate of drug-likeness (QED) is 0.482. The highest BCUT2D eigenvalue weighted by Crippen LogP contribution is 2.03. The van der Waals surface area contributed by atoms with E-state index < -0.39 is 18.6 Å². The van der Waals surface area contributed by atoms with Crippen LogP contribution in [0.3, 0.4) is 0 Å².